The first-order valence-corrected chi connectivity index (χ1v) is 10.7. The van der Waals surface area contributed by atoms with Crippen molar-refractivity contribution < 1.29 is 9.59 Å². The maximum absolute atomic E-state index is 13.1. The topological polar surface area (TPSA) is 34.1 Å². The van der Waals surface area contributed by atoms with E-state index < -0.39 is 0 Å². The van der Waals surface area contributed by atoms with E-state index in [-0.39, 0.29) is 21.9 Å². The second-order valence-electron chi connectivity index (χ2n) is 7.58. The third-order valence-electron chi connectivity index (χ3n) is 5.17. The number of ketones is 2. The van der Waals surface area contributed by atoms with Crippen molar-refractivity contribution in [3.05, 3.63) is 34.4 Å². The van der Waals surface area contributed by atoms with Crippen LogP contribution in [0, 0.1) is 6.92 Å². The van der Waals surface area contributed by atoms with E-state index >= 15 is 0 Å². The largest absolute Gasteiger partial charge is 0.299 e. The number of Topliss-reactive ketones (excluding diaryl/α,β-unsaturated/α-hetero) is 2. The first-order valence-electron chi connectivity index (χ1n) is 9.09. The number of benzene rings is 1. The molecule has 0 bridgehead atoms. The molecule has 1 heterocycles. The van der Waals surface area contributed by atoms with E-state index in [1.54, 1.807) is 0 Å². The fourth-order valence-corrected chi connectivity index (χ4v) is 5.89. The van der Waals surface area contributed by atoms with Gasteiger partial charge in [0.2, 0.25) is 5.78 Å². The molecule has 0 aliphatic carbocycles. The summed E-state index contributed by atoms with van der Waals surface area (Å²) >= 11 is 0. The molecule has 0 amide bonds. The molecule has 0 spiro atoms. The van der Waals surface area contributed by atoms with Crippen LogP contribution in [-0.4, -0.2) is 28.3 Å². The maximum Gasteiger partial charge on any atom is 0.214 e. The van der Waals surface area contributed by atoms with Gasteiger partial charge in [-0.2, -0.15) is 0 Å². The molecular weight excluding hydrogens is 316 g/mol. The van der Waals surface area contributed by atoms with Crippen molar-refractivity contribution in [1.82, 2.24) is 0 Å². The Morgan fingerprint density at radius 2 is 1.42 bits per heavy atom. The van der Waals surface area contributed by atoms with E-state index in [1.165, 1.54) is 16.7 Å². The zero-order valence-electron chi connectivity index (χ0n) is 15.9. The van der Waals surface area contributed by atoms with E-state index in [0.717, 1.165) is 17.1 Å². The van der Waals surface area contributed by atoms with Crippen LogP contribution in [0.15, 0.2) is 12.1 Å². The first-order chi connectivity index (χ1) is 11.2. The summed E-state index contributed by atoms with van der Waals surface area (Å²) in [5.74, 6) is 3.24. The lowest BCUT2D eigenvalue weighted by atomic mass is 9.86. The molecule has 0 N–H and O–H groups in total. The molecule has 132 valence electrons. The Kier molecular flexibility index (Phi) is 6.30. The molecule has 1 fully saturated rings. The van der Waals surface area contributed by atoms with Crippen molar-refractivity contribution in [2.45, 2.75) is 71.5 Å². The molecule has 2 rings (SSSR count). The zero-order chi connectivity index (χ0) is 18.0. The van der Waals surface area contributed by atoms with Gasteiger partial charge in [0.05, 0.1) is 12.8 Å². The Hall–Kier alpha value is -1.09. The summed E-state index contributed by atoms with van der Waals surface area (Å²) in [6, 6.07) is 4.23. The predicted molar refractivity (Wildman–Crippen MR) is 104 cm³/mol. The van der Waals surface area contributed by atoms with Gasteiger partial charge in [-0.1, -0.05) is 27.7 Å². The minimum atomic E-state index is 0.0285. The highest BCUT2D eigenvalue weighted by molar-refractivity contribution is 7.98. The van der Waals surface area contributed by atoms with Gasteiger partial charge in [0.15, 0.2) is 5.25 Å². The molecule has 0 saturated carbocycles. The first kappa shape index (κ1) is 19.2. The number of rotatable bonds is 5. The summed E-state index contributed by atoms with van der Waals surface area (Å²) in [4.78, 5) is 24.6. The summed E-state index contributed by atoms with van der Waals surface area (Å²) in [5, 5.41) is 0.0285. The van der Waals surface area contributed by atoms with E-state index in [1.807, 2.05) is 0 Å². The molecule has 2 nitrogen and oxygen atoms in total. The average molecular weight is 348 g/mol. The number of carbonyl (C=O) groups excluding carboxylic acids is 2. The molecule has 24 heavy (non-hydrogen) atoms. The number of hydrogen-bond donors (Lipinski definition) is 0. The lowest BCUT2D eigenvalue weighted by Gasteiger charge is -2.21. The molecule has 1 aliphatic rings. The molecule has 1 atom stereocenters. The van der Waals surface area contributed by atoms with Gasteiger partial charge in [-0.25, -0.2) is 0 Å². The Labute approximate surface area is 149 Å². The van der Waals surface area contributed by atoms with Gasteiger partial charge in [0, 0.05) is 5.56 Å². The minimum Gasteiger partial charge on any atom is -0.299 e. The predicted octanol–water partition coefficient (Wildman–Crippen LogP) is 4.79. The molecule has 1 unspecified atom stereocenters. The minimum absolute atomic E-state index is 0.0285. The van der Waals surface area contributed by atoms with E-state index in [9.17, 15) is 9.59 Å². The van der Waals surface area contributed by atoms with Crippen molar-refractivity contribution in [3.63, 3.8) is 0 Å². The average Bonchev–Trinajstić information content (AvgIpc) is 2.53. The van der Waals surface area contributed by atoms with Crippen LogP contribution in [0.2, 0.25) is 0 Å². The van der Waals surface area contributed by atoms with Crippen LogP contribution >= 0.6 is 0 Å². The summed E-state index contributed by atoms with van der Waals surface area (Å²) < 4.78 is 0. The van der Waals surface area contributed by atoms with Crippen molar-refractivity contribution in [2.24, 2.45) is 0 Å². The summed E-state index contributed by atoms with van der Waals surface area (Å²) in [7, 11) is 0.0490. The normalized spacial score (nSPS) is 17.6. The molecule has 1 aliphatic heterocycles. The lowest BCUT2D eigenvalue weighted by molar-refractivity contribution is -0.118. The highest BCUT2D eigenvalue weighted by Gasteiger charge is 2.37. The highest BCUT2D eigenvalue weighted by Crippen LogP contribution is 2.30. The van der Waals surface area contributed by atoms with Gasteiger partial charge >= 0.3 is 0 Å². The monoisotopic (exact) mass is 347 g/mol. The molecule has 1 aromatic carbocycles. The van der Waals surface area contributed by atoms with Crippen molar-refractivity contribution in [2.75, 3.05) is 11.5 Å². The van der Waals surface area contributed by atoms with Crippen LogP contribution in [-0.2, 0) is 15.7 Å². The Morgan fingerprint density at radius 3 is 1.83 bits per heavy atom. The van der Waals surface area contributed by atoms with Crippen molar-refractivity contribution in [3.8, 4) is 0 Å². The van der Waals surface area contributed by atoms with Crippen LogP contribution in [0.5, 0.6) is 0 Å². The van der Waals surface area contributed by atoms with Crippen LogP contribution in [0.25, 0.3) is 0 Å². The van der Waals surface area contributed by atoms with Crippen LogP contribution in [0.4, 0.5) is 0 Å². The van der Waals surface area contributed by atoms with E-state index in [4.69, 9.17) is 0 Å². The van der Waals surface area contributed by atoms with Gasteiger partial charge < -0.3 is 0 Å². The second kappa shape index (κ2) is 7.86. The van der Waals surface area contributed by atoms with Crippen LogP contribution < -0.4 is 0 Å². The molecular formula is C21H31O2S+. The van der Waals surface area contributed by atoms with Crippen molar-refractivity contribution >= 4 is 22.5 Å². The Morgan fingerprint density at radius 1 is 0.958 bits per heavy atom. The molecule has 0 aromatic heterocycles. The van der Waals surface area contributed by atoms with Crippen LogP contribution in [0.3, 0.4) is 0 Å². The smallest absolute Gasteiger partial charge is 0.214 e. The van der Waals surface area contributed by atoms with E-state index in [0.29, 0.717) is 30.5 Å². The van der Waals surface area contributed by atoms with Gasteiger partial charge in [0.1, 0.15) is 17.3 Å². The van der Waals surface area contributed by atoms with Gasteiger partial charge in [0.25, 0.3) is 0 Å². The summed E-state index contributed by atoms with van der Waals surface area (Å²) in [6.07, 6.45) is 1.31. The highest BCUT2D eigenvalue weighted by atomic mass is 32.2. The van der Waals surface area contributed by atoms with E-state index in [2.05, 4.69) is 53.7 Å². The third kappa shape index (κ3) is 4.11. The van der Waals surface area contributed by atoms with Crippen molar-refractivity contribution in [1.29, 1.82) is 0 Å². The van der Waals surface area contributed by atoms with Gasteiger partial charge in [-0.15, -0.1) is 0 Å². The third-order valence-corrected chi connectivity index (χ3v) is 7.84. The summed E-state index contributed by atoms with van der Waals surface area (Å²) in [5.41, 5.74) is 4.78. The number of carbonyl (C=O) groups is 2. The molecule has 1 aromatic rings. The fraction of sp³-hybridized carbons (Fsp3) is 0.619. The Bertz CT molecular complexity index is 592. The SMILES string of the molecule is Cc1c(C(C)C)cc(C(=O)C(C)[S+]2CCC(=O)CC2)cc1C(C)C. The Balaban J connectivity index is 2.33. The maximum atomic E-state index is 13.1. The zero-order valence-corrected chi connectivity index (χ0v) is 16.8. The fourth-order valence-electron chi connectivity index (χ4n) is 3.56. The standard InChI is InChI=1S/C21H31O2S/c1-13(2)19-11-17(12-20(14(3)4)15(19)5)21(23)16(6)24-9-7-18(22)8-10-24/h11-14,16H,7-10H2,1-6H3/q+1. The number of hydrogen-bond acceptors (Lipinski definition) is 2. The molecule has 0 radical (unpaired) electrons. The molecule has 3 heteroatoms. The molecule has 1 saturated heterocycles. The van der Waals surface area contributed by atoms with Gasteiger partial charge in [-0.3, -0.25) is 9.59 Å². The summed E-state index contributed by atoms with van der Waals surface area (Å²) in [6.45, 7) is 13.0. The lowest BCUT2D eigenvalue weighted by Crippen LogP contribution is -2.36. The second-order valence-corrected chi connectivity index (χ2v) is 10.2. The van der Waals surface area contributed by atoms with Gasteiger partial charge in [-0.05, 0) is 65.4 Å². The quantitative estimate of drug-likeness (QED) is 0.566. The van der Waals surface area contributed by atoms with Crippen LogP contribution in [0.1, 0.15) is 86.3 Å².